The van der Waals surface area contributed by atoms with Crippen molar-refractivity contribution in [2.75, 3.05) is 13.7 Å². The van der Waals surface area contributed by atoms with E-state index < -0.39 is 6.17 Å². The van der Waals surface area contributed by atoms with Crippen LogP contribution in [0, 0.1) is 0 Å². The van der Waals surface area contributed by atoms with E-state index in [1.807, 2.05) is 13.8 Å². The highest BCUT2D eigenvalue weighted by atomic mass is 19.1. The molecule has 2 unspecified atom stereocenters. The minimum absolute atomic E-state index is 0.123. The molecule has 1 aliphatic heterocycles. The van der Waals surface area contributed by atoms with Crippen LogP contribution in [0.4, 0.5) is 4.39 Å². The molecule has 4 nitrogen and oxygen atoms in total. The van der Waals surface area contributed by atoms with Crippen LogP contribution in [0.3, 0.4) is 0 Å². The zero-order valence-corrected chi connectivity index (χ0v) is 11.3. The third-order valence-corrected chi connectivity index (χ3v) is 3.47. The van der Waals surface area contributed by atoms with Crippen LogP contribution in [-0.2, 0) is 0 Å². The molecule has 0 aliphatic carbocycles. The maximum atomic E-state index is 14.7. The fourth-order valence-electron chi connectivity index (χ4n) is 2.51. The molecule has 1 aromatic rings. The van der Waals surface area contributed by atoms with Gasteiger partial charge in [-0.3, -0.25) is 4.68 Å². The first-order chi connectivity index (χ1) is 8.65. The van der Waals surface area contributed by atoms with Crippen LogP contribution < -0.4 is 10.1 Å². The molecule has 1 saturated heterocycles. The largest absolute Gasteiger partial charge is 0.493 e. The summed E-state index contributed by atoms with van der Waals surface area (Å²) in [4.78, 5) is 0. The van der Waals surface area contributed by atoms with Crippen molar-refractivity contribution in [3.8, 4) is 5.75 Å². The van der Waals surface area contributed by atoms with E-state index in [9.17, 15) is 4.39 Å². The molecule has 1 aliphatic rings. The summed E-state index contributed by atoms with van der Waals surface area (Å²) < 4.78 is 21.7. The highest BCUT2D eigenvalue weighted by molar-refractivity contribution is 5.29. The monoisotopic (exact) mass is 255 g/mol. The van der Waals surface area contributed by atoms with Gasteiger partial charge in [-0.15, -0.1) is 0 Å². The van der Waals surface area contributed by atoms with Gasteiger partial charge >= 0.3 is 0 Å². The molecule has 102 valence electrons. The number of methoxy groups -OCH3 is 1. The fraction of sp³-hybridized carbons (Fsp3) is 0.769. The first kappa shape index (κ1) is 13.3. The zero-order valence-electron chi connectivity index (χ0n) is 11.3. The second kappa shape index (κ2) is 5.69. The normalized spacial score (nSPS) is 22.2. The van der Waals surface area contributed by atoms with Crippen LogP contribution in [0.1, 0.15) is 51.0 Å². The SMILES string of the molecule is COc1cnn(C(C)C)c1C(F)C1CCCCN1. The minimum Gasteiger partial charge on any atom is -0.493 e. The summed E-state index contributed by atoms with van der Waals surface area (Å²) in [5.74, 6) is 0.545. The molecule has 18 heavy (non-hydrogen) atoms. The molecule has 0 spiro atoms. The molecule has 2 heterocycles. The summed E-state index contributed by atoms with van der Waals surface area (Å²) in [5, 5.41) is 7.48. The molecule has 0 radical (unpaired) electrons. The van der Waals surface area contributed by atoms with Crippen molar-refractivity contribution in [2.45, 2.75) is 51.4 Å². The summed E-state index contributed by atoms with van der Waals surface area (Å²) in [5.41, 5.74) is 0.562. The standard InChI is InChI=1S/C13H22FN3O/c1-9(2)17-13(11(18-3)8-16-17)12(14)10-6-4-5-7-15-10/h8-10,12,15H,4-7H2,1-3H3. The number of nitrogens with one attached hydrogen (secondary N) is 1. The number of aromatic nitrogens is 2. The molecule has 1 aromatic heterocycles. The molecule has 1 N–H and O–H groups in total. The number of rotatable bonds is 4. The van der Waals surface area contributed by atoms with E-state index in [4.69, 9.17) is 4.74 Å². The molecule has 0 saturated carbocycles. The molecule has 0 bridgehead atoms. The quantitative estimate of drug-likeness (QED) is 0.899. The predicted molar refractivity (Wildman–Crippen MR) is 68.7 cm³/mol. The first-order valence-corrected chi connectivity index (χ1v) is 6.64. The van der Waals surface area contributed by atoms with E-state index in [0.717, 1.165) is 25.8 Å². The average Bonchev–Trinajstić information content (AvgIpc) is 2.82. The van der Waals surface area contributed by atoms with E-state index in [-0.39, 0.29) is 12.1 Å². The lowest BCUT2D eigenvalue weighted by Gasteiger charge is -2.27. The number of halogens is 1. The number of ether oxygens (including phenoxy) is 1. The zero-order chi connectivity index (χ0) is 13.1. The van der Waals surface area contributed by atoms with Crippen LogP contribution >= 0.6 is 0 Å². The van der Waals surface area contributed by atoms with E-state index in [1.165, 1.54) is 0 Å². The Morgan fingerprint density at radius 1 is 1.50 bits per heavy atom. The predicted octanol–water partition coefficient (Wildman–Crippen LogP) is 2.63. The Morgan fingerprint density at radius 3 is 2.83 bits per heavy atom. The van der Waals surface area contributed by atoms with Crippen molar-refractivity contribution in [1.29, 1.82) is 0 Å². The Morgan fingerprint density at radius 2 is 2.28 bits per heavy atom. The van der Waals surface area contributed by atoms with Crippen molar-refractivity contribution in [3.05, 3.63) is 11.9 Å². The lowest BCUT2D eigenvalue weighted by Crippen LogP contribution is -2.38. The highest BCUT2D eigenvalue weighted by Crippen LogP contribution is 2.34. The Bertz CT molecular complexity index is 386. The Kier molecular flexibility index (Phi) is 4.22. The third kappa shape index (κ3) is 2.51. The molecule has 2 atom stereocenters. The maximum Gasteiger partial charge on any atom is 0.163 e. The Labute approximate surface area is 108 Å². The van der Waals surface area contributed by atoms with Crippen LogP contribution in [0.2, 0.25) is 0 Å². The first-order valence-electron chi connectivity index (χ1n) is 6.64. The number of alkyl halides is 1. The fourth-order valence-corrected chi connectivity index (χ4v) is 2.51. The van der Waals surface area contributed by atoms with Crippen molar-refractivity contribution in [1.82, 2.24) is 15.1 Å². The van der Waals surface area contributed by atoms with Crippen LogP contribution in [0.5, 0.6) is 5.75 Å². The van der Waals surface area contributed by atoms with Crippen molar-refractivity contribution in [2.24, 2.45) is 0 Å². The van der Waals surface area contributed by atoms with Gasteiger partial charge in [0.15, 0.2) is 11.9 Å². The van der Waals surface area contributed by atoms with E-state index in [0.29, 0.717) is 11.4 Å². The number of piperidine rings is 1. The number of hydrogen-bond acceptors (Lipinski definition) is 3. The highest BCUT2D eigenvalue weighted by Gasteiger charge is 2.31. The van der Waals surface area contributed by atoms with Crippen molar-refractivity contribution < 1.29 is 9.13 Å². The van der Waals surface area contributed by atoms with Gasteiger partial charge in [-0.2, -0.15) is 5.10 Å². The minimum atomic E-state index is -1.06. The molecular formula is C13H22FN3O. The van der Waals surface area contributed by atoms with Crippen LogP contribution in [-0.4, -0.2) is 29.5 Å². The van der Waals surface area contributed by atoms with Gasteiger partial charge in [-0.1, -0.05) is 6.42 Å². The van der Waals surface area contributed by atoms with Gasteiger partial charge in [-0.05, 0) is 33.2 Å². The smallest absolute Gasteiger partial charge is 0.163 e. The van der Waals surface area contributed by atoms with E-state index in [2.05, 4.69) is 10.4 Å². The molecule has 0 amide bonds. The summed E-state index contributed by atoms with van der Waals surface area (Å²) in [6.45, 7) is 4.89. The lowest BCUT2D eigenvalue weighted by molar-refractivity contribution is 0.201. The number of nitrogens with zero attached hydrogens (tertiary/aromatic N) is 2. The second-order valence-corrected chi connectivity index (χ2v) is 5.09. The summed E-state index contributed by atoms with van der Waals surface area (Å²) in [7, 11) is 1.56. The van der Waals surface area contributed by atoms with Crippen LogP contribution in [0.25, 0.3) is 0 Å². The summed E-state index contributed by atoms with van der Waals surface area (Å²) >= 11 is 0. The van der Waals surface area contributed by atoms with Gasteiger partial charge < -0.3 is 10.1 Å². The van der Waals surface area contributed by atoms with Gasteiger partial charge in [0.05, 0.1) is 13.3 Å². The molecular weight excluding hydrogens is 233 g/mol. The number of hydrogen-bond donors (Lipinski definition) is 1. The van der Waals surface area contributed by atoms with Crippen LogP contribution in [0.15, 0.2) is 6.20 Å². The third-order valence-electron chi connectivity index (χ3n) is 3.47. The van der Waals surface area contributed by atoms with E-state index in [1.54, 1.807) is 18.0 Å². The van der Waals surface area contributed by atoms with Gasteiger partial charge in [-0.25, -0.2) is 4.39 Å². The molecule has 2 rings (SSSR count). The summed E-state index contributed by atoms with van der Waals surface area (Å²) in [6, 6.07) is 0.00703. The molecule has 1 fully saturated rings. The molecule has 5 heteroatoms. The average molecular weight is 255 g/mol. The van der Waals surface area contributed by atoms with Gasteiger partial charge in [0.2, 0.25) is 0 Å². The molecule has 0 aromatic carbocycles. The van der Waals surface area contributed by atoms with Gasteiger partial charge in [0.25, 0.3) is 0 Å². The van der Waals surface area contributed by atoms with Crippen molar-refractivity contribution >= 4 is 0 Å². The van der Waals surface area contributed by atoms with Gasteiger partial charge in [0.1, 0.15) is 5.69 Å². The van der Waals surface area contributed by atoms with Gasteiger partial charge in [0, 0.05) is 12.1 Å². The topological polar surface area (TPSA) is 39.1 Å². The van der Waals surface area contributed by atoms with Crippen molar-refractivity contribution in [3.63, 3.8) is 0 Å². The van der Waals surface area contributed by atoms with E-state index >= 15 is 0 Å². The Balaban J connectivity index is 2.26. The summed E-state index contributed by atoms with van der Waals surface area (Å²) in [6.07, 6.45) is 3.61. The maximum absolute atomic E-state index is 14.7. The Hall–Kier alpha value is -1.10. The second-order valence-electron chi connectivity index (χ2n) is 5.09. The lowest BCUT2D eigenvalue weighted by atomic mass is 9.98.